The minimum absolute atomic E-state index is 0.332. The SMILES string of the molecule is Cc1cnc(-c2n[nH]c(CN)n2)nc1. The summed E-state index contributed by atoms with van der Waals surface area (Å²) in [4.78, 5) is 12.3. The third kappa shape index (κ3) is 1.60. The van der Waals surface area contributed by atoms with E-state index in [1.807, 2.05) is 6.92 Å². The molecule has 0 atom stereocenters. The lowest BCUT2D eigenvalue weighted by Gasteiger charge is -1.92. The fourth-order valence-corrected chi connectivity index (χ4v) is 0.995. The molecule has 2 rings (SSSR count). The fraction of sp³-hybridized carbons (Fsp3) is 0.250. The largest absolute Gasteiger partial charge is 0.324 e. The van der Waals surface area contributed by atoms with Crippen molar-refractivity contribution >= 4 is 0 Å². The van der Waals surface area contributed by atoms with E-state index in [2.05, 4.69) is 25.1 Å². The van der Waals surface area contributed by atoms with Crippen LogP contribution >= 0.6 is 0 Å². The highest BCUT2D eigenvalue weighted by Crippen LogP contribution is 2.07. The Balaban J connectivity index is 2.34. The van der Waals surface area contributed by atoms with Gasteiger partial charge in [-0.05, 0) is 12.5 Å². The van der Waals surface area contributed by atoms with Crippen LogP contribution in [-0.2, 0) is 6.54 Å². The van der Waals surface area contributed by atoms with Crippen LogP contribution in [0.1, 0.15) is 11.4 Å². The van der Waals surface area contributed by atoms with Gasteiger partial charge in [-0.15, -0.1) is 5.10 Å². The number of aromatic amines is 1. The van der Waals surface area contributed by atoms with Gasteiger partial charge in [0.1, 0.15) is 5.82 Å². The maximum Gasteiger partial charge on any atom is 0.219 e. The van der Waals surface area contributed by atoms with Crippen molar-refractivity contribution in [3.8, 4) is 11.6 Å². The van der Waals surface area contributed by atoms with E-state index in [1.54, 1.807) is 12.4 Å². The zero-order chi connectivity index (χ0) is 9.97. The summed E-state index contributed by atoms with van der Waals surface area (Å²) in [6, 6.07) is 0. The van der Waals surface area contributed by atoms with E-state index in [4.69, 9.17) is 5.73 Å². The zero-order valence-corrected chi connectivity index (χ0v) is 7.73. The molecule has 0 aliphatic heterocycles. The van der Waals surface area contributed by atoms with Crippen molar-refractivity contribution in [1.82, 2.24) is 25.1 Å². The lowest BCUT2D eigenvalue weighted by Crippen LogP contribution is -1.98. The number of nitrogens with zero attached hydrogens (tertiary/aromatic N) is 4. The van der Waals surface area contributed by atoms with Gasteiger partial charge in [0.15, 0.2) is 5.82 Å². The van der Waals surface area contributed by atoms with Gasteiger partial charge >= 0.3 is 0 Å². The average Bonchev–Trinajstić information content (AvgIpc) is 2.67. The van der Waals surface area contributed by atoms with Gasteiger partial charge in [-0.3, -0.25) is 5.10 Å². The van der Waals surface area contributed by atoms with E-state index in [-0.39, 0.29) is 0 Å². The van der Waals surface area contributed by atoms with Crippen LogP contribution < -0.4 is 5.73 Å². The Morgan fingerprint density at radius 2 is 2.00 bits per heavy atom. The Morgan fingerprint density at radius 1 is 1.29 bits per heavy atom. The van der Waals surface area contributed by atoms with E-state index in [1.165, 1.54) is 0 Å². The second-order valence-corrected chi connectivity index (χ2v) is 2.89. The quantitative estimate of drug-likeness (QED) is 0.696. The first kappa shape index (κ1) is 8.76. The highest BCUT2D eigenvalue weighted by Gasteiger charge is 2.06. The highest BCUT2D eigenvalue weighted by molar-refractivity contribution is 5.41. The lowest BCUT2D eigenvalue weighted by atomic mass is 10.4. The van der Waals surface area contributed by atoms with Crippen LogP contribution in [0.5, 0.6) is 0 Å². The summed E-state index contributed by atoms with van der Waals surface area (Å²) < 4.78 is 0. The standard InChI is InChI=1S/C8H10N6/c1-5-3-10-7(11-4-5)8-12-6(2-9)13-14-8/h3-4H,2,9H2,1H3,(H,12,13,14). The number of aromatic nitrogens is 5. The molecule has 0 unspecified atom stereocenters. The van der Waals surface area contributed by atoms with Gasteiger partial charge < -0.3 is 5.73 Å². The predicted octanol–water partition coefficient (Wildman–Crippen LogP) is 0.0288. The normalized spacial score (nSPS) is 10.4. The molecule has 0 fully saturated rings. The van der Waals surface area contributed by atoms with Crippen LogP contribution in [0.15, 0.2) is 12.4 Å². The summed E-state index contributed by atoms with van der Waals surface area (Å²) in [6.45, 7) is 2.26. The molecule has 0 spiro atoms. The number of H-pyrrole nitrogens is 1. The van der Waals surface area contributed by atoms with Gasteiger partial charge in [0.05, 0.1) is 6.54 Å². The van der Waals surface area contributed by atoms with E-state index in [0.29, 0.717) is 24.0 Å². The summed E-state index contributed by atoms with van der Waals surface area (Å²) in [6.07, 6.45) is 3.45. The van der Waals surface area contributed by atoms with Crippen LogP contribution in [0.2, 0.25) is 0 Å². The maximum absolute atomic E-state index is 5.39. The van der Waals surface area contributed by atoms with Gasteiger partial charge in [0, 0.05) is 12.4 Å². The summed E-state index contributed by atoms with van der Waals surface area (Å²) in [5, 5.41) is 6.65. The van der Waals surface area contributed by atoms with Crippen LogP contribution in [0.3, 0.4) is 0 Å². The molecule has 0 bridgehead atoms. The molecule has 2 aromatic heterocycles. The topological polar surface area (TPSA) is 93.4 Å². The lowest BCUT2D eigenvalue weighted by molar-refractivity contribution is 0.917. The Morgan fingerprint density at radius 3 is 2.57 bits per heavy atom. The van der Waals surface area contributed by atoms with E-state index in [9.17, 15) is 0 Å². The first-order chi connectivity index (χ1) is 6.79. The van der Waals surface area contributed by atoms with Crippen molar-refractivity contribution in [2.24, 2.45) is 5.73 Å². The minimum Gasteiger partial charge on any atom is -0.324 e. The van der Waals surface area contributed by atoms with Gasteiger partial charge in [-0.25, -0.2) is 15.0 Å². The Bertz CT molecular complexity index is 418. The first-order valence-corrected chi connectivity index (χ1v) is 4.20. The smallest absolute Gasteiger partial charge is 0.219 e. The van der Waals surface area contributed by atoms with Crippen molar-refractivity contribution < 1.29 is 0 Å². The number of hydrogen-bond acceptors (Lipinski definition) is 5. The number of nitrogens with one attached hydrogen (secondary N) is 1. The molecule has 0 aliphatic rings. The van der Waals surface area contributed by atoms with E-state index >= 15 is 0 Å². The highest BCUT2D eigenvalue weighted by atomic mass is 15.2. The average molecular weight is 190 g/mol. The summed E-state index contributed by atoms with van der Waals surface area (Å²) in [5.41, 5.74) is 6.39. The summed E-state index contributed by atoms with van der Waals surface area (Å²) >= 11 is 0. The maximum atomic E-state index is 5.39. The first-order valence-electron chi connectivity index (χ1n) is 4.20. The molecule has 3 N–H and O–H groups in total. The van der Waals surface area contributed by atoms with Crippen molar-refractivity contribution in [1.29, 1.82) is 0 Å². The minimum atomic E-state index is 0.332. The van der Waals surface area contributed by atoms with Gasteiger partial charge in [0.2, 0.25) is 5.82 Å². The van der Waals surface area contributed by atoms with Crippen molar-refractivity contribution in [2.45, 2.75) is 13.5 Å². The Kier molecular flexibility index (Phi) is 2.19. The Labute approximate surface area is 80.6 Å². The number of nitrogens with two attached hydrogens (primary N) is 1. The number of hydrogen-bond donors (Lipinski definition) is 2. The number of aryl methyl sites for hydroxylation is 1. The molecular formula is C8H10N6. The molecular weight excluding hydrogens is 180 g/mol. The molecule has 2 heterocycles. The van der Waals surface area contributed by atoms with Crippen LogP contribution in [0.4, 0.5) is 0 Å². The molecule has 14 heavy (non-hydrogen) atoms. The van der Waals surface area contributed by atoms with E-state index in [0.717, 1.165) is 5.56 Å². The van der Waals surface area contributed by atoms with Gasteiger partial charge in [-0.2, -0.15) is 0 Å². The van der Waals surface area contributed by atoms with Gasteiger partial charge in [0.25, 0.3) is 0 Å². The third-order valence-corrected chi connectivity index (χ3v) is 1.71. The molecule has 6 heteroatoms. The molecule has 0 aromatic carbocycles. The van der Waals surface area contributed by atoms with Crippen molar-refractivity contribution in [2.75, 3.05) is 0 Å². The molecule has 2 aromatic rings. The number of rotatable bonds is 2. The van der Waals surface area contributed by atoms with Crippen molar-refractivity contribution in [3.63, 3.8) is 0 Å². The van der Waals surface area contributed by atoms with Gasteiger partial charge in [-0.1, -0.05) is 0 Å². The molecule has 0 saturated heterocycles. The molecule has 0 radical (unpaired) electrons. The molecule has 0 aliphatic carbocycles. The summed E-state index contributed by atoms with van der Waals surface area (Å²) in [7, 11) is 0. The molecule has 72 valence electrons. The molecule has 0 amide bonds. The van der Waals surface area contributed by atoms with E-state index < -0.39 is 0 Å². The fourth-order valence-electron chi connectivity index (χ4n) is 0.995. The molecule has 6 nitrogen and oxygen atoms in total. The molecule has 0 saturated carbocycles. The zero-order valence-electron chi connectivity index (χ0n) is 7.73. The van der Waals surface area contributed by atoms with Crippen LogP contribution in [-0.4, -0.2) is 25.1 Å². The second kappa shape index (κ2) is 3.51. The van der Waals surface area contributed by atoms with Crippen molar-refractivity contribution in [3.05, 3.63) is 23.8 Å². The van der Waals surface area contributed by atoms with Crippen LogP contribution in [0.25, 0.3) is 11.6 Å². The summed E-state index contributed by atoms with van der Waals surface area (Å²) in [5.74, 6) is 1.61. The Hall–Kier alpha value is -1.82. The second-order valence-electron chi connectivity index (χ2n) is 2.89. The predicted molar refractivity (Wildman–Crippen MR) is 50.0 cm³/mol. The van der Waals surface area contributed by atoms with Crippen LogP contribution in [0, 0.1) is 6.92 Å². The third-order valence-electron chi connectivity index (χ3n) is 1.71. The monoisotopic (exact) mass is 190 g/mol.